The van der Waals surface area contributed by atoms with Crippen LogP contribution in [0, 0.1) is 0 Å². The Morgan fingerprint density at radius 1 is 0.900 bits per heavy atom. The fourth-order valence-corrected chi connectivity index (χ4v) is 3.29. The van der Waals surface area contributed by atoms with Gasteiger partial charge in [0, 0.05) is 25.9 Å². The van der Waals surface area contributed by atoms with E-state index in [1.165, 1.54) is 6.92 Å². The Bertz CT molecular complexity index is 856. The van der Waals surface area contributed by atoms with E-state index in [9.17, 15) is 19.2 Å². The normalized spacial score (nSPS) is 14.5. The molecule has 7 heteroatoms. The second-order valence-electron chi connectivity index (χ2n) is 7.17. The number of likely N-dealkylation sites (tertiary alicyclic amines) is 1. The largest absolute Gasteiger partial charge is 0.451 e. The summed E-state index contributed by atoms with van der Waals surface area (Å²) in [4.78, 5) is 51.1. The van der Waals surface area contributed by atoms with Crippen LogP contribution in [0.25, 0.3) is 0 Å². The number of rotatable bonds is 8. The highest BCUT2D eigenvalue weighted by Crippen LogP contribution is 2.14. The van der Waals surface area contributed by atoms with E-state index in [-0.39, 0.29) is 18.7 Å². The molecule has 0 spiro atoms. The molecule has 7 nitrogen and oxygen atoms in total. The van der Waals surface area contributed by atoms with Gasteiger partial charge in [-0.25, -0.2) is 0 Å². The lowest BCUT2D eigenvalue weighted by molar-refractivity contribution is -0.162. The van der Waals surface area contributed by atoms with E-state index < -0.39 is 30.4 Å². The number of esters is 1. The standard InChI is InChI=1S/C23H24N2O5/c1-17(30-22(28)16-25-20(26)12-13-21(25)27)23(29)24(14-18-8-4-2-5-9-18)15-19-10-6-3-7-11-19/h2-11,17H,12-16H2,1H3. The van der Waals surface area contributed by atoms with Crippen molar-refractivity contribution in [2.75, 3.05) is 6.54 Å². The lowest BCUT2D eigenvalue weighted by Gasteiger charge is -2.26. The van der Waals surface area contributed by atoms with Crippen LogP contribution in [0.1, 0.15) is 30.9 Å². The number of hydrogen-bond acceptors (Lipinski definition) is 5. The first-order valence-electron chi connectivity index (χ1n) is 9.83. The number of nitrogens with zero attached hydrogens (tertiary/aromatic N) is 2. The third-order valence-electron chi connectivity index (χ3n) is 4.84. The molecule has 0 saturated carbocycles. The summed E-state index contributed by atoms with van der Waals surface area (Å²) in [5.41, 5.74) is 1.90. The zero-order chi connectivity index (χ0) is 21.5. The number of imide groups is 1. The summed E-state index contributed by atoms with van der Waals surface area (Å²) in [5.74, 6) is -1.93. The molecule has 30 heavy (non-hydrogen) atoms. The van der Waals surface area contributed by atoms with Crippen molar-refractivity contribution in [3.05, 3.63) is 71.8 Å². The molecule has 1 aliphatic rings. The summed E-state index contributed by atoms with van der Waals surface area (Å²) in [7, 11) is 0. The van der Waals surface area contributed by atoms with Gasteiger partial charge in [0.1, 0.15) is 6.54 Å². The summed E-state index contributed by atoms with van der Waals surface area (Å²) in [6.45, 7) is 1.75. The van der Waals surface area contributed by atoms with Crippen LogP contribution in [0.3, 0.4) is 0 Å². The molecule has 1 atom stereocenters. The van der Waals surface area contributed by atoms with Crippen LogP contribution in [-0.4, -0.2) is 46.1 Å². The zero-order valence-corrected chi connectivity index (χ0v) is 16.8. The molecule has 0 N–H and O–H groups in total. The maximum Gasteiger partial charge on any atom is 0.326 e. The molecule has 2 aromatic carbocycles. The van der Waals surface area contributed by atoms with Crippen molar-refractivity contribution in [2.45, 2.75) is 39.0 Å². The highest BCUT2D eigenvalue weighted by atomic mass is 16.5. The minimum absolute atomic E-state index is 0.0997. The van der Waals surface area contributed by atoms with E-state index in [0.717, 1.165) is 16.0 Å². The summed E-state index contributed by atoms with van der Waals surface area (Å²) in [6.07, 6.45) is -0.844. The molecule has 2 aromatic rings. The summed E-state index contributed by atoms with van der Waals surface area (Å²) in [5, 5.41) is 0. The van der Waals surface area contributed by atoms with Crippen LogP contribution in [0.4, 0.5) is 0 Å². The maximum atomic E-state index is 13.1. The van der Waals surface area contributed by atoms with E-state index in [0.29, 0.717) is 13.1 Å². The molecular formula is C23H24N2O5. The minimum atomic E-state index is -1.04. The zero-order valence-electron chi connectivity index (χ0n) is 16.8. The molecule has 0 aromatic heterocycles. The van der Waals surface area contributed by atoms with Gasteiger partial charge in [0.25, 0.3) is 5.91 Å². The van der Waals surface area contributed by atoms with Crippen LogP contribution >= 0.6 is 0 Å². The van der Waals surface area contributed by atoms with Crippen molar-refractivity contribution >= 4 is 23.7 Å². The van der Waals surface area contributed by atoms with Gasteiger partial charge in [-0.05, 0) is 18.1 Å². The van der Waals surface area contributed by atoms with Crippen LogP contribution in [-0.2, 0) is 37.0 Å². The Morgan fingerprint density at radius 2 is 1.37 bits per heavy atom. The number of carbonyl (C=O) groups excluding carboxylic acids is 4. The summed E-state index contributed by atoms with van der Waals surface area (Å²) < 4.78 is 5.25. The predicted molar refractivity (Wildman–Crippen MR) is 109 cm³/mol. The Kier molecular flexibility index (Phi) is 6.95. The number of amides is 3. The van der Waals surface area contributed by atoms with Crippen LogP contribution in [0.15, 0.2) is 60.7 Å². The van der Waals surface area contributed by atoms with Gasteiger partial charge in [0.05, 0.1) is 0 Å². The van der Waals surface area contributed by atoms with Crippen LogP contribution in [0.5, 0.6) is 0 Å². The van der Waals surface area contributed by atoms with E-state index in [2.05, 4.69) is 0 Å². The first kappa shape index (κ1) is 21.2. The lowest BCUT2D eigenvalue weighted by Crippen LogP contribution is -2.41. The van der Waals surface area contributed by atoms with E-state index in [1.807, 2.05) is 60.7 Å². The van der Waals surface area contributed by atoms with E-state index in [1.54, 1.807) is 4.90 Å². The molecule has 1 heterocycles. The topological polar surface area (TPSA) is 84.0 Å². The summed E-state index contributed by atoms with van der Waals surface area (Å²) >= 11 is 0. The fraction of sp³-hybridized carbons (Fsp3) is 0.304. The maximum absolute atomic E-state index is 13.1. The van der Waals surface area contributed by atoms with Crippen molar-refractivity contribution in [1.82, 2.24) is 9.80 Å². The lowest BCUT2D eigenvalue weighted by atomic mass is 10.1. The molecule has 0 bridgehead atoms. The molecule has 1 unspecified atom stereocenters. The monoisotopic (exact) mass is 408 g/mol. The smallest absolute Gasteiger partial charge is 0.326 e. The van der Waals surface area contributed by atoms with Crippen molar-refractivity contribution in [3.63, 3.8) is 0 Å². The molecular weight excluding hydrogens is 384 g/mol. The molecule has 3 rings (SSSR count). The second kappa shape index (κ2) is 9.82. The van der Waals surface area contributed by atoms with Gasteiger partial charge < -0.3 is 9.64 Å². The number of carbonyl (C=O) groups is 4. The summed E-state index contributed by atoms with van der Waals surface area (Å²) in [6, 6.07) is 19.1. The number of ether oxygens (including phenoxy) is 1. The van der Waals surface area contributed by atoms with Gasteiger partial charge in [-0.1, -0.05) is 60.7 Å². The van der Waals surface area contributed by atoms with Gasteiger partial charge in [0.2, 0.25) is 11.8 Å². The van der Waals surface area contributed by atoms with Gasteiger partial charge in [0.15, 0.2) is 6.10 Å². The van der Waals surface area contributed by atoms with Crippen LogP contribution < -0.4 is 0 Å². The number of benzene rings is 2. The molecule has 3 amide bonds. The van der Waals surface area contributed by atoms with Crippen molar-refractivity contribution in [1.29, 1.82) is 0 Å². The van der Waals surface area contributed by atoms with Crippen molar-refractivity contribution in [3.8, 4) is 0 Å². The molecule has 0 radical (unpaired) electrons. The fourth-order valence-electron chi connectivity index (χ4n) is 3.29. The molecule has 156 valence electrons. The Morgan fingerprint density at radius 3 is 1.83 bits per heavy atom. The van der Waals surface area contributed by atoms with Gasteiger partial charge in [-0.3, -0.25) is 24.1 Å². The first-order valence-corrected chi connectivity index (χ1v) is 9.83. The highest BCUT2D eigenvalue weighted by Gasteiger charge is 2.32. The quantitative estimate of drug-likeness (QED) is 0.494. The minimum Gasteiger partial charge on any atom is -0.451 e. The Balaban J connectivity index is 1.67. The Hall–Kier alpha value is -3.48. The third-order valence-corrected chi connectivity index (χ3v) is 4.84. The average Bonchev–Trinajstić information content (AvgIpc) is 3.06. The predicted octanol–water partition coefficient (Wildman–Crippen LogP) is 2.30. The third kappa shape index (κ3) is 5.53. The second-order valence-corrected chi connectivity index (χ2v) is 7.17. The molecule has 1 aliphatic heterocycles. The Labute approximate surface area is 175 Å². The number of hydrogen-bond donors (Lipinski definition) is 0. The molecule has 1 saturated heterocycles. The van der Waals surface area contributed by atoms with Gasteiger partial charge in [-0.2, -0.15) is 0 Å². The van der Waals surface area contributed by atoms with Crippen LogP contribution in [0.2, 0.25) is 0 Å². The first-order chi connectivity index (χ1) is 14.4. The van der Waals surface area contributed by atoms with E-state index in [4.69, 9.17) is 4.74 Å². The molecule has 0 aliphatic carbocycles. The van der Waals surface area contributed by atoms with Crippen molar-refractivity contribution in [2.24, 2.45) is 0 Å². The highest BCUT2D eigenvalue weighted by molar-refractivity contribution is 6.04. The average molecular weight is 408 g/mol. The SMILES string of the molecule is CC(OC(=O)CN1C(=O)CCC1=O)C(=O)N(Cc1ccccc1)Cc1ccccc1. The van der Waals surface area contributed by atoms with Gasteiger partial charge in [-0.15, -0.1) is 0 Å². The molecule has 1 fully saturated rings. The van der Waals surface area contributed by atoms with E-state index >= 15 is 0 Å². The van der Waals surface area contributed by atoms with Gasteiger partial charge >= 0.3 is 5.97 Å². The van der Waals surface area contributed by atoms with Crippen molar-refractivity contribution < 1.29 is 23.9 Å².